The first-order chi connectivity index (χ1) is 6.16. The predicted octanol–water partition coefficient (Wildman–Crippen LogP) is 1.84. The molecule has 0 spiro atoms. The van der Waals surface area contributed by atoms with E-state index in [-0.39, 0.29) is 11.7 Å². The Hall–Kier alpha value is -1.71. The predicted molar refractivity (Wildman–Crippen MR) is 46.0 cm³/mol. The van der Waals surface area contributed by atoms with Gasteiger partial charge in [-0.15, -0.1) is 0 Å². The van der Waals surface area contributed by atoms with Crippen LogP contribution in [0.5, 0.6) is 0 Å². The topological polar surface area (TPSA) is 34.9 Å². The molecule has 1 aromatic carbocycles. The van der Waals surface area contributed by atoms with Crippen LogP contribution >= 0.6 is 0 Å². The summed E-state index contributed by atoms with van der Waals surface area (Å²) in [6, 6.07) is 4.24. The number of nitrogens with zero attached hydrogens (tertiary/aromatic N) is 2. The van der Waals surface area contributed by atoms with Crippen molar-refractivity contribution in [1.82, 2.24) is 9.78 Å². The molecule has 13 heavy (non-hydrogen) atoms. The van der Waals surface area contributed by atoms with Gasteiger partial charge in [0.1, 0.15) is 5.82 Å². The molecule has 2 aromatic rings. The number of hydrogen-bond acceptors (Lipinski definition) is 2. The van der Waals surface area contributed by atoms with Gasteiger partial charge in [0.2, 0.25) is 5.91 Å². The molecule has 0 aliphatic heterocycles. The summed E-state index contributed by atoms with van der Waals surface area (Å²) >= 11 is 0. The SMILES string of the molecule is CC(=O)n1cc2ccc(F)cc2n1. The van der Waals surface area contributed by atoms with Gasteiger partial charge in [-0.1, -0.05) is 0 Å². The maximum Gasteiger partial charge on any atom is 0.243 e. The standard InChI is InChI=1S/C9H7FN2O/c1-6(13)12-5-7-2-3-8(10)4-9(7)11-12/h2-5H,1H3. The van der Waals surface area contributed by atoms with Gasteiger partial charge in [-0.05, 0) is 12.1 Å². The molecule has 1 heterocycles. The van der Waals surface area contributed by atoms with E-state index in [0.717, 1.165) is 5.39 Å². The Morgan fingerprint density at radius 2 is 2.31 bits per heavy atom. The maximum absolute atomic E-state index is 12.7. The quantitative estimate of drug-likeness (QED) is 0.616. The first-order valence-electron chi connectivity index (χ1n) is 3.83. The first kappa shape index (κ1) is 7.91. The highest BCUT2D eigenvalue weighted by Crippen LogP contribution is 2.13. The van der Waals surface area contributed by atoms with Crippen LogP contribution in [0, 0.1) is 5.82 Å². The van der Waals surface area contributed by atoms with Crippen molar-refractivity contribution in [3.63, 3.8) is 0 Å². The largest absolute Gasteiger partial charge is 0.273 e. The Morgan fingerprint density at radius 1 is 1.54 bits per heavy atom. The summed E-state index contributed by atoms with van der Waals surface area (Å²) in [7, 11) is 0. The number of carbonyl (C=O) groups is 1. The van der Waals surface area contributed by atoms with Gasteiger partial charge in [0.25, 0.3) is 0 Å². The summed E-state index contributed by atoms with van der Waals surface area (Å²) in [5, 5.41) is 4.66. The Balaban J connectivity index is 2.68. The highest BCUT2D eigenvalue weighted by atomic mass is 19.1. The lowest BCUT2D eigenvalue weighted by Gasteiger charge is -1.88. The monoisotopic (exact) mass is 178 g/mol. The van der Waals surface area contributed by atoms with E-state index in [1.54, 1.807) is 12.3 Å². The molecule has 0 saturated heterocycles. The van der Waals surface area contributed by atoms with Gasteiger partial charge in [0.15, 0.2) is 0 Å². The minimum Gasteiger partial charge on any atom is -0.273 e. The van der Waals surface area contributed by atoms with Crippen molar-refractivity contribution in [1.29, 1.82) is 0 Å². The zero-order valence-corrected chi connectivity index (χ0v) is 6.99. The average Bonchev–Trinajstić information content (AvgIpc) is 2.46. The van der Waals surface area contributed by atoms with Gasteiger partial charge in [-0.25, -0.2) is 9.07 Å². The van der Waals surface area contributed by atoms with Crippen LogP contribution in [0.4, 0.5) is 4.39 Å². The van der Waals surface area contributed by atoms with Crippen LogP contribution < -0.4 is 0 Å². The number of halogens is 1. The van der Waals surface area contributed by atoms with E-state index in [1.165, 1.54) is 23.7 Å². The second-order valence-electron chi connectivity index (χ2n) is 2.80. The van der Waals surface area contributed by atoms with Crippen LogP contribution in [0.15, 0.2) is 24.4 Å². The third-order valence-electron chi connectivity index (χ3n) is 1.79. The Morgan fingerprint density at radius 3 is 3.00 bits per heavy atom. The number of fused-ring (bicyclic) bond motifs is 1. The molecule has 0 amide bonds. The van der Waals surface area contributed by atoms with Gasteiger partial charge >= 0.3 is 0 Å². The second-order valence-corrected chi connectivity index (χ2v) is 2.80. The van der Waals surface area contributed by atoms with Crippen LogP contribution in [-0.2, 0) is 0 Å². The molecule has 0 fully saturated rings. The van der Waals surface area contributed by atoms with E-state index in [0.29, 0.717) is 5.52 Å². The number of benzene rings is 1. The molecular weight excluding hydrogens is 171 g/mol. The number of hydrogen-bond donors (Lipinski definition) is 0. The van der Waals surface area contributed by atoms with Gasteiger partial charge < -0.3 is 0 Å². The highest BCUT2D eigenvalue weighted by molar-refractivity contribution is 5.84. The second kappa shape index (κ2) is 2.65. The van der Waals surface area contributed by atoms with Crippen molar-refractivity contribution in [3.8, 4) is 0 Å². The highest BCUT2D eigenvalue weighted by Gasteiger charge is 2.03. The fourth-order valence-electron chi connectivity index (χ4n) is 1.15. The van der Waals surface area contributed by atoms with Gasteiger partial charge in [0.05, 0.1) is 5.52 Å². The van der Waals surface area contributed by atoms with E-state index in [2.05, 4.69) is 5.10 Å². The normalized spacial score (nSPS) is 10.6. The van der Waals surface area contributed by atoms with Crippen LogP contribution in [0.3, 0.4) is 0 Å². The zero-order chi connectivity index (χ0) is 9.42. The maximum atomic E-state index is 12.7. The lowest BCUT2D eigenvalue weighted by molar-refractivity contribution is 0.0922. The number of rotatable bonds is 0. The minimum absolute atomic E-state index is 0.184. The summed E-state index contributed by atoms with van der Waals surface area (Å²) < 4.78 is 13.9. The molecule has 0 bridgehead atoms. The summed E-state index contributed by atoms with van der Waals surface area (Å²) in [5.41, 5.74) is 0.496. The van der Waals surface area contributed by atoms with Gasteiger partial charge in [-0.3, -0.25) is 4.79 Å². The molecule has 1 aromatic heterocycles. The van der Waals surface area contributed by atoms with Crippen molar-refractivity contribution in [2.75, 3.05) is 0 Å². The molecule has 0 atom stereocenters. The molecule has 0 radical (unpaired) electrons. The molecule has 2 rings (SSSR count). The Kier molecular flexibility index (Phi) is 1.62. The summed E-state index contributed by atoms with van der Waals surface area (Å²) in [5.74, 6) is -0.530. The molecule has 0 aliphatic rings. The van der Waals surface area contributed by atoms with Gasteiger partial charge in [0, 0.05) is 24.6 Å². The van der Waals surface area contributed by atoms with Crippen molar-refractivity contribution >= 4 is 16.8 Å². The van der Waals surface area contributed by atoms with E-state index in [9.17, 15) is 9.18 Å². The Bertz CT molecular complexity index is 475. The van der Waals surface area contributed by atoms with Crippen molar-refractivity contribution in [2.45, 2.75) is 6.92 Å². The summed E-state index contributed by atoms with van der Waals surface area (Å²) in [6.07, 6.45) is 1.58. The van der Waals surface area contributed by atoms with E-state index in [1.807, 2.05) is 0 Å². The molecule has 0 aliphatic carbocycles. The molecule has 0 unspecified atom stereocenters. The zero-order valence-electron chi connectivity index (χ0n) is 6.99. The van der Waals surface area contributed by atoms with Crippen LogP contribution in [0.1, 0.15) is 11.7 Å². The Labute approximate surface area is 73.8 Å². The molecule has 3 nitrogen and oxygen atoms in total. The molecular formula is C9H7FN2O. The van der Waals surface area contributed by atoms with Crippen molar-refractivity contribution in [3.05, 3.63) is 30.2 Å². The van der Waals surface area contributed by atoms with E-state index in [4.69, 9.17) is 0 Å². The number of aromatic nitrogens is 2. The van der Waals surface area contributed by atoms with E-state index >= 15 is 0 Å². The van der Waals surface area contributed by atoms with E-state index < -0.39 is 0 Å². The molecule has 0 N–H and O–H groups in total. The molecule has 4 heteroatoms. The van der Waals surface area contributed by atoms with Crippen LogP contribution in [0.25, 0.3) is 10.9 Å². The van der Waals surface area contributed by atoms with Crippen LogP contribution in [0.2, 0.25) is 0 Å². The van der Waals surface area contributed by atoms with Crippen LogP contribution in [-0.4, -0.2) is 15.7 Å². The summed E-state index contributed by atoms with van der Waals surface area (Å²) in [6.45, 7) is 1.40. The van der Waals surface area contributed by atoms with Gasteiger partial charge in [-0.2, -0.15) is 5.10 Å². The minimum atomic E-state index is -0.346. The lowest BCUT2D eigenvalue weighted by atomic mass is 10.2. The van der Waals surface area contributed by atoms with Crippen molar-refractivity contribution < 1.29 is 9.18 Å². The van der Waals surface area contributed by atoms with Crippen molar-refractivity contribution in [2.24, 2.45) is 0 Å². The smallest absolute Gasteiger partial charge is 0.243 e. The summed E-state index contributed by atoms with van der Waals surface area (Å²) in [4.78, 5) is 10.9. The third-order valence-corrected chi connectivity index (χ3v) is 1.79. The average molecular weight is 178 g/mol. The number of carbonyl (C=O) groups excluding carboxylic acids is 1. The first-order valence-corrected chi connectivity index (χ1v) is 3.83. The fourth-order valence-corrected chi connectivity index (χ4v) is 1.15. The fraction of sp³-hybridized carbons (Fsp3) is 0.111. The molecule has 0 saturated carbocycles. The third kappa shape index (κ3) is 1.30. The molecule has 66 valence electrons. The lowest BCUT2D eigenvalue weighted by Crippen LogP contribution is -2.04.